The number of piperidine rings is 1. The summed E-state index contributed by atoms with van der Waals surface area (Å²) in [5.41, 5.74) is 0.218. The third kappa shape index (κ3) is 3.05. The van der Waals surface area contributed by atoms with Crippen molar-refractivity contribution in [3.63, 3.8) is 0 Å². The maximum absolute atomic E-state index is 14.2. The molecule has 1 aromatic carbocycles. The molecule has 21 heavy (non-hydrogen) atoms. The summed E-state index contributed by atoms with van der Waals surface area (Å²) in [7, 11) is 0. The fourth-order valence-corrected chi connectivity index (χ4v) is 3.89. The molecule has 0 saturated carbocycles. The molecule has 2 saturated heterocycles. The molecule has 114 valence electrons. The van der Waals surface area contributed by atoms with Crippen molar-refractivity contribution in [2.24, 2.45) is 0 Å². The van der Waals surface area contributed by atoms with Crippen LogP contribution in [0, 0.1) is 5.82 Å². The normalized spacial score (nSPS) is 24.4. The van der Waals surface area contributed by atoms with Crippen LogP contribution < -0.4 is 5.32 Å². The number of hydrogen-bond acceptors (Lipinski definition) is 3. The summed E-state index contributed by atoms with van der Waals surface area (Å²) in [6.07, 6.45) is 4.01. The number of halogens is 2. The molecule has 3 rings (SSSR count). The van der Waals surface area contributed by atoms with Gasteiger partial charge in [0, 0.05) is 6.04 Å². The highest BCUT2D eigenvalue weighted by Crippen LogP contribution is 2.28. The van der Waals surface area contributed by atoms with Crippen molar-refractivity contribution in [1.82, 2.24) is 10.2 Å². The Morgan fingerprint density at radius 2 is 2.05 bits per heavy atom. The van der Waals surface area contributed by atoms with Crippen molar-refractivity contribution >= 4 is 21.7 Å². The molecule has 0 radical (unpaired) electrons. The lowest BCUT2D eigenvalue weighted by molar-refractivity contribution is 0.0779. The van der Waals surface area contributed by atoms with Crippen LogP contribution in [0.25, 0.3) is 0 Å². The zero-order chi connectivity index (χ0) is 14.8. The second kappa shape index (κ2) is 6.55. The zero-order valence-corrected chi connectivity index (χ0v) is 13.5. The van der Waals surface area contributed by atoms with Gasteiger partial charge in [-0.1, -0.05) is 6.07 Å². The van der Waals surface area contributed by atoms with E-state index in [1.165, 1.54) is 0 Å². The van der Waals surface area contributed by atoms with Crippen LogP contribution in [0.2, 0.25) is 0 Å². The molecular weight excluding hydrogens is 335 g/mol. The van der Waals surface area contributed by atoms with Gasteiger partial charge in [-0.3, -0.25) is 9.69 Å². The molecule has 0 aromatic heterocycles. The van der Waals surface area contributed by atoms with Crippen LogP contribution >= 0.6 is 15.9 Å². The summed E-state index contributed by atoms with van der Waals surface area (Å²) >= 11 is 3.17. The predicted octanol–water partition coefficient (Wildman–Crippen LogP) is 2.99. The summed E-state index contributed by atoms with van der Waals surface area (Å²) in [5.74, 6) is -0.496. The van der Waals surface area contributed by atoms with Gasteiger partial charge in [-0.15, -0.1) is 0 Å². The molecule has 5 heteroatoms. The first-order valence-corrected chi connectivity index (χ1v) is 8.42. The Labute approximate surface area is 133 Å². The van der Waals surface area contributed by atoms with Gasteiger partial charge in [-0.25, -0.2) is 4.39 Å². The second-order valence-electron chi connectivity index (χ2n) is 5.84. The predicted molar refractivity (Wildman–Crippen MR) is 84.1 cm³/mol. The number of carbonyl (C=O) groups is 1. The average Bonchev–Trinajstić information content (AvgIpc) is 3.00. The SMILES string of the molecule is O=C(c1cccc(Br)c1F)C1CCCN1C1CCNCC1. The lowest BCUT2D eigenvalue weighted by Gasteiger charge is -2.35. The van der Waals surface area contributed by atoms with E-state index in [4.69, 9.17) is 0 Å². The van der Waals surface area contributed by atoms with Crippen LogP contribution in [0.15, 0.2) is 22.7 Å². The van der Waals surface area contributed by atoms with Crippen LogP contribution in [0.1, 0.15) is 36.0 Å². The van der Waals surface area contributed by atoms with Crippen molar-refractivity contribution in [1.29, 1.82) is 0 Å². The third-order valence-corrected chi connectivity index (χ3v) is 5.20. The van der Waals surface area contributed by atoms with E-state index < -0.39 is 5.82 Å². The van der Waals surface area contributed by atoms with Gasteiger partial charge in [0.2, 0.25) is 0 Å². The Hall–Kier alpha value is -0.780. The van der Waals surface area contributed by atoms with Gasteiger partial charge in [0.05, 0.1) is 16.1 Å². The number of hydrogen-bond donors (Lipinski definition) is 1. The lowest BCUT2D eigenvalue weighted by Crippen LogP contribution is -2.48. The number of Topliss-reactive ketones (excluding diaryl/α,β-unsaturated/α-hetero) is 1. The summed E-state index contributed by atoms with van der Waals surface area (Å²) in [6.45, 7) is 2.97. The molecule has 1 unspecified atom stereocenters. The van der Waals surface area contributed by atoms with Gasteiger partial charge in [0.15, 0.2) is 5.78 Å². The van der Waals surface area contributed by atoms with Crippen LogP contribution in [0.3, 0.4) is 0 Å². The largest absolute Gasteiger partial charge is 0.317 e. The minimum absolute atomic E-state index is 0.0650. The maximum atomic E-state index is 14.2. The Bertz CT molecular complexity index is 531. The minimum Gasteiger partial charge on any atom is -0.317 e. The van der Waals surface area contributed by atoms with E-state index >= 15 is 0 Å². The smallest absolute Gasteiger partial charge is 0.182 e. The quantitative estimate of drug-likeness (QED) is 0.847. The first-order chi connectivity index (χ1) is 10.2. The Kier molecular flexibility index (Phi) is 4.72. The topological polar surface area (TPSA) is 32.3 Å². The Morgan fingerprint density at radius 1 is 1.29 bits per heavy atom. The number of ketones is 1. The highest BCUT2D eigenvalue weighted by molar-refractivity contribution is 9.10. The van der Waals surface area contributed by atoms with Crippen molar-refractivity contribution in [3.05, 3.63) is 34.1 Å². The maximum Gasteiger partial charge on any atom is 0.182 e. The molecule has 2 aliphatic rings. The Balaban J connectivity index is 1.81. The highest BCUT2D eigenvalue weighted by atomic mass is 79.9. The van der Waals surface area contributed by atoms with Gasteiger partial charge in [0.25, 0.3) is 0 Å². The number of carbonyl (C=O) groups excluding carboxylic acids is 1. The monoisotopic (exact) mass is 354 g/mol. The summed E-state index contributed by atoms with van der Waals surface area (Å²) in [4.78, 5) is 15.1. The molecule has 0 spiro atoms. The van der Waals surface area contributed by atoms with E-state index in [2.05, 4.69) is 26.1 Å². The van der Waals surface area contributed by atoms with Gasteiger partial charge in [-0.2, -0.15) is 0 Å². The molecule has 3 nitrogen and oxygen atoms in total. The summed E-state index contributed by atoms with van der Waals surface area (Å²) in [6, 6.07) is 5.26. The summed E-state index contributed by atoms with van der Waals surface area (Å²) < 4.78 is 14.5. The number of likely N-dealkylation sites (tertiary alicyclic amines) is 1. The fraction of sp³-hybridized carbons (Fsp3) is 0.562. The van der Waals surface area contributed by atoms with Crippen molar-refractivity contribution in [3.8, 4) is 0 Å². The summed E-state index contributed by atoms with van der Waals surface area (Å²) in [5, 5.41) is 3.35. The zero-order valence-electron chi connectivity index (χ0n) is 11.9. The van der Waals surface area contributed by atoms with Gasteiger partial charge < -0.3 is 5.32 Å². The van der Waals surface area contributed by atoms with Crippen LogP contribution in [-0.2, 0) is 0 Å². The first-order valence-electron chi connectivity index (χ1n) is 7.63. The lowest BCUT2D eigenvalue weighted by atomic mass is 9.98. The highest BCUT2D eigenvalue weighted by Gasteiger charge is 2.36. The number of nitrogens with one attached hydrogen (secondary N) is 1. The Morgan fingerprint density at radius 3 is 2.81 bits per heavy atom. The van der Waals surface area contributed by atoms with Crippen LogP contribution in [-0.4, -0.2) is 42.4 Å². The van der Waals surface area contributed by atoms with Crippen molar-refractivity contribution < 1.29 is 9.18 Å². The van der Waals surface area contributed by atoms with E-state index in [1.54, 1.807) is 18.2 Å². The molecule has 0 amide bonds. The average molecular weight is 355 g/mol. The van der Waals surface area contributed by atoms with E-state index in [0.29, 0.717) is 10.5 Å². The van der Waals surface area contributed by atoms with Gasteiger partial charge in [-0.05, 0) is 73.4 Å². The molecule has 0 aliphatic carbocycles. The molecule has 2 heterocycles. The van der Waals surface area contributed by atoms with E-state index in [1.807, 2.05) is 0 Å². The number of rotatable bonds is 3. The molecule has 1 atom stereocenters. The molecule has 0 bridgehead atoms. The van der Waals surface area contributed by atoms with E-state index in [0.717, 1.165) is 45.3 Å². The third-order valence-electron chi connectivity index (χ3n) is 4.59. The fourth-order valence-electron chi connectivity index (χ4n) is 3.52. The van der Waals surface area contributed by atoms with Crippen molar-refractivity contribution in [2.75, 3.05) is 19.6 Å². The second-order valence-corrected chi connectivity index (χ2v) is 6.70. The molecule has 1 N–H and O–H groups in total. The molecular formula is C16H20BrFN2O. The van der Waals surface area contributed by atoms with E-state index in [-0.39, 0.29) is 17.4 Å². The van der Waals surface area contributed by atoms with Gasteiger partial charge in [0.1, 0.15) is 5.82 Å². The number of benzene rings is 1. The molecule has 2 fully saturated rings. The standard InChI is InChI=1S/C16H20BrFN2O/c17-13-4-1-3-12(15(13)18)16(21)14-5-2-10-20(14)11-6-8-19-9-7-11/h1,3-4,11,14,19H,2,5-10H2. The first kappa shape index (κ1) is 15.1. The van der Waals surface area contributed by atoms with E-state index in [9.17, 15) is 9.18 Å². The van der Waals surface area contributed by atoms with Crippen molar-refractivity contribution in [2.45, 2.75) is 37.8 Å². The molecule has 2 aliphatic heterocycles. The minimum atomic E-state index is -0.431. The van der Waals surface area contributed by atoms with Crippen LogP contribution in [0.5, 0.6) is 0 Å². The number of nitrogens with zero attached hydrogens (tertiary/aromatic N) is 1. The van der Waals surface area contributed by atoms with Gasteiger partial charge >= 0.3 is 0 Å². The molecule has 1 aromatic rings. The van der Waals surface area contributed by atoms with Crippen LogP contribution in [0.4, 0.5) is 4.39 Å².